The van der Waals surface area contributed by atoms with E-state index in [1.165, 1.54) is 0 Å². The SMILES string of the molecule is C=C(C)COc1cccc(C(=O)Nc2ccccc2C(=O)NC[C@H]2CCCO2)c1. The van der Waals surface area contributed by atoms with Gasteiger partial charge in [0.25, 0.3) is 11.8 Å². The van der Waals surface area contributed by atoms with Crippen LogP contribution >= 0.6 is 0 Å². The highest BCUT2D eigenvalue weighted by Gasteiger charge is 2.18. The molecule has 2 N–H and O–H groups in total. The lowest BCUT2D eigenvalue weighted by atomic mass is 10.1. The largest absolute Gasteiger partial charge is 0.489 e. The second kappa shape index (κ2) is 9.89. The van der Waals surface area contributed by atoms with Crippen LogP contribution in [0.1, 0.15) is 40.5 Å². The van der Waals surface area contributed by atoms with E-state index in [0.29, 0.717) is 35.7 Å². The third-order valence-electron chi connectivity index (χ3n) is 4.52. The summed E-state index contributed by atoms with van der Waals surface area (Å²) >= 11 is 0. The number of ether oxygens (including phenoxy) is 2. The molecule has 3 rings (SSSR count). The van der Waals surface area contributed by atoms with Crippen LogP contribution < -0.4 is 15.4 Å². The van der Waals surface area contributed by atoms with Crippen LogP contribution in [-0.2, 0) is 4.74 Å². The Kier molecular flexibility index (Phi) is 7.03. The normalized spacial score (nSPS) is 15.6. The minimum Gasteiger partial charge on any atom is -0.489 e. The van der Waals surface area contributed by atoms with E-state index in [1.807, 2.05) is 6.92 Å². The molecule has 0 radical (unpaired) electrons. The Bertz CT molecular complexity index is 888. The van der Waals surface area contributed by atoms with Crippen molar-refractivity contribution in [3.8, 4) is 5.75 Å². The molecule has 6 heteroatoms. The number of amides is 2. The predicted molar refractivity (Wildman–Crippen MR) is 112 cm³/mol. The first-order chi connectivity index (χ1) is 14.0. The van der Waals surface area contributed by atoms with Crippen molar-refractivity contribution in [2.24, 2.45) is 0 Å². The van der Waals surface area contributed by atoms with Gasteiger partial charge in [-0.2, -0.15) is 0 Å². The summed E-state index contributed by atoms with van der Waals surface area (Å²) in [5.41, 5.74) is 2.20. The van der Waals surface area contributed by atoms with E-state index < -0.39 is 0 Å². The van der Waals surface area contributed by atoms with E-state index in [-0.39, 0.29) is 17.9 Å². The van der Waals surface area contributed by atoms with Gasteiger partial charge in [-0.25, -0.2) is 0 Å². The zero-order valence-corrected chi connectivity index (χ0v) is 16.6. The maximum Gasteiger partial charge on any atom is 0.255 e. The monoisotopic (exact) mass is 394 g/mol. The van der Waals surface area contributed by atoms with Crippen molar-refractivity contribution in [1.82, 2.24) is 5.32 Å². The minimum atomic E-state index is -0.315. The molecule has 0 aromatic heterocycles. The summed E-state index contributed by atoms with van der Waals surface area (Å²) in [5, 5.41) is 5.71. The molecule has 1 aliphatic heterocycles. The zero-order chi connectivity index (χ0) is 20.6. The first kappa shape index (κ1) is 20.6. The Balaban J connectivity index is 1.66. The highest BCUT2D eigenvalue weighted by Crippen LogP contribution is 2.19. The zero-order valence-electron chi connectivity index (χ0n) is 16.6. The van der Waals surface area contributed by atoms with E-state index in [0.717, 1.165) is 25.0 Å². The number of hydrogen-bond acceptors (Lipinski definition) is 4. The van der Waals surface area contributed by atoms with Crippen LogP contribution in [-0.4, -0.2) is 37.7 Å². The molecule has 0 saturated carbocycles. The second-order valence-electron chi connectivity index (χ2n) is 7.12. The fourth-order valence-electron chi connectivity index (χ4n) is 3.03. The van der Waals surface area contributed by atoms with Crippen LogP contribution in [0.4, 0.5) is 5.69 Å². The van der Waals surface area contributed by atoms with E-state index in [2.05, 4.69) is 17.2 Å². The highest BCUT2D eigenvalue weighted by molar-refractivity contribution is 6.09. The molecule has 0 unspecified atom stereocenters. The Morgan fingerprint density at radius 1 is 1.17 bits per heavy atom. The van der Waals surface area contributed by atoms with Gasteiger partial charge in [0.1, 0.15) is 12.4 Å². The molecule has 1 heterocycles. The Morgan fingerprint density at radius 2 is 2.00 bits per heavy atom. The summed E-state index contributed by atoms with van der Waals surface area (Å²) < 4.78 is 11.1. The van der Waals surface area contributed by atoms with Gasteiger partial charge in [0.15, 0.2) is 0 Å². The van der Waals surface area contributed by atoms with E-state index >= 15 is 0 Å². The summed E-state index contributed by atoms with van der Waals surface area (Å²) in [6.07, 6.45) is 2.02. The molecule has 1 aliphatic rings. The van der Waals surface area contributed by atoms with E-state index in [1.54, 1.807) is 48.5 Å². The Morgan fingerprint density at radius 3 is 2.76 bits per heavy atom. The van der Waals surface area contributed by atoms with Crippen molar-refractivity contribution in [3.05, 3.63) is 71.8 Å². The fraction of sp³-hybridized carbons (Fsp3) is 0.304. The van der Waals surface area contributed by atoms with Crippen LogP contribution in [0.5, 0.6) is 5.75 Å². The number of anilines is 1. The third kappa shape index (κ3) is 5.93. The molecule has 6 nitrogen and oxygen atoms in total. The Labute approximate surface area is 170 Å². The summed E-state index contributed by atoms with van der Waals surface area (Å²) in [4.78, 5) is 25.3. The number of nitrogens with one attached hydrogen (secondary N) is 2. The van der Waals surface area contributed by atoms with Gasteiger partial charge in [0.05, 0.1) is 17.4 Å². The van der Waals surface area contributed by atoms with Crippen LogP contribution in [0.15, 0.2) is 60.7 Å². The molecule has 1 atom stereocenters. The lowest BCUT2D eigenvalue weighted by molar-refractivity contribution is 0.0858. The van der Waals surface area contributed by atoms with Gasteiger partial charge in [0.2, 0.25) is 0 Å². The molecule has 0 aliphatic carbocycles. The van der Waals surface area contributed by atoms with E-state index in [4.69, 9.17) is 9.47 Å². The molecule has 1 saturated heterocycles. The van der Waals surface area contributed by atoms with Crippen molar-refractivity contribution < 1.29 is 19.1 Å². The van der Waals surface area contributed by atoms with Gasteiger partial charge in [-0.15, -0.1) is 0 Å². The van der Waals surface area contributed by atoms with Crippen LogP contribution in [0.3, 0.4) is 0 Å². The summed E-state index contributed by atoms with van der Waals surface area (Å²) in [7, 11) is 0. The fourth-order valence-corrected chi connectivity index (χ4v) is 3.03. The molecule has 2 amide bonds. The number of carbonyl (C=O) groups excluding carboxylic acids is 2. The first-order valence-electron chi connectivity index (χ1n) is 9.70. The van der Waals surface area contributed by atoms with Crippen LogP contribution in [0.2, 0.25) is 0 Å². The van der Waals surface area contributed by atoms with Crippen molar-refractivity contribution >= 4 is 17.5 Å². The van der Waals surface area contributed by atoms with Gasteiger partial charge in [0, 0.05) is 18.7 Å². The lowest BCUT2D eigenvalue weighted by Crippen LogP contribution is -2.32. The van der Waals surface area contributed by atoms with Crippen LogP contribution in [0.25, 0.3) is 0 Å². The van der Waals surface area contributed by atoms with Gasteiger partial charge in [-0.1, -0.05) is 24.8 Å². The maximum atomic E-state index is 12.7. The summed E-state index contributed by atoms with van der Waals surface area (Å²) in [5.74, 6) is 0.0309. The van der Waals surface area contributed by atoms with E-state index in [9.17, 15) is 9.59 Å². The minimum absolute atomic E-state index is 0.0580. The van der Waals surface area contributed by atoms with Gasteiger partial charge in [-0.05, 0) is 55.7 Å². The summed E-state index contributed by atoms with van der Waals surface area (Å²) in [6, 6.07) is 13.8. The number of para-hydroxylation sites is 1. The highest BCUT2D eigenvalue weighted by atomic mass is 16.5. The standard InChI is InChI=1S/C23H26N2O4/c1-16(2)15-29-18-8-5-7-17(13-18)22(26)25-21-11-4-3-10-20(21)23(27)24-14-19-9-6-12-28-19/h3-5,7-8,10-11,13,19H,1,6,9,12,14-15H2,2H3,(H,24,27)(H,25,26)/t19-/m1/s1. The smallest absolute Gasteiger partial charge is 0.255 e. The van der Waals surface area contributed by atoms with Gasteiger partial charge >= 0.3 is 0 Å². The molecule has 29 heavy (non-hydrogen) atoms. The van der Waals surface area contributed by atoms with Crippen molar-refractivity contribution in [3.63, 3.8) is 0 Å². The lowest BCUT2D eigenvalue weighted by Gasteiger charge is -2.14. The molecule has 1 fully saturated rings. The molecular formula is C23H26N2O4. The molecule has 2 aromatic carbocycles. The molecule has 0 bridgehead atoms. The molecule has 152 valence electrons. The van der Waals surface area contributed by atoms with Crippen LogP contribution in [0, 0.1) is 0 Å². The molecule has 2 aromatic rings. The van der Waals surface area contributed by atoms with Gasteiger partial charge < -0.3 is 20.1 Å². The van der Waals surface area contributed by atoms with Crippen molar-refractivity contribution in [2.45, 2.75) is 25.9 Å². The topological polar surface area (TPSA) is 76.7 Å². The average molecular weight is 394 g/mol. The second-order valence-corrected chi connectivity index (χ2v) is 7.12. The number of benzene rings is 2. The number of rotatable bonds is 8. The Hall–Kier alpha value is -3.12. The van der Waals surface area contributed by atoms with Gasteiger partial charge in [-0.3, -0.25) is 9.59 Å². The maximum absolute atomic E-state index is 12.7. The number of hydrogen-bond donors (Lipinski definition) is 2. The average Bonchev–Trinajstić information content (AvgIpc) is 3.25. The first-order valence-corrected chi connectivity index (χ1v) is 9.70. The quantitative estimate of drug-likeness (QED) is 0.668. The predicted octanol–water partition coefficient (Wildman–Crippen LogP) is 3.80. The molecule has 0 spiro atoms. The summed E-state index contributed by atoms with van der Waals surface area (Å²) in [6.45, 7) is 7.26. The third-order valence-corrected chi connectivity index (χ3v) is 4.52. The van der Waals surface area contributed by atoms with Crippen molar-refractivity contribution in [2.75, 3.05) is 25.1 Å². The van der Waals surface area contributed by atoms with Crippen molar-refractivity contribution in [1.29, 1.82) is 0 Å². The number of carbonyl (C=O) groups is 2. The molecular weight excluding hydrogens is 368 g/mol.